The minimum absolute atomic E-state index is 0.278. The fraction of sp³-hybridized carbons (Fsp3) is 0.600. The topological polar surface area (TPSA) is 73.3 Å². The van der Waals surface area contributed by atoms with Gasteiger partial charge in [0.2, 0.25) is 0 Å². The molecule has 0 aliphatic rings. The fourth-order valence-electron chi connectivity index (χ4n) is 1.51. The molecule has 0 aromatic carbocycles. The van der Waals surface area contributed by atoms with Gasteiger partial charge in [0, 0.05) is 45.5 Å². The number of nitrogens with two attached hydrogens (primary N) is 1. The van der Waals surface area contributed by atoms with Gasteiger partial charge in [-0.15, -0.1) is 0 Å². The molecule has 2 N–H and O–H groups in total. The first-order valence-electron chi connectivity index (χ1n) is 5.12. The number of likely N-dealkylation sites (N-methyl/N-ethyl adjacent to an activating group) is 1. The monoisotopic (exact) mass is 226 g/mol. The second-order valence-corrected chi connectivity index (χ2v) is 3.90. The van der Waals surface area contributed by atoms with Gasteiger partial charge in [0.1, 0.15) is 0 Å². The van der Waals surface area contributed by atoms with Crippen LogP contribution in [0, 0.1) is 0 Å². The van der Waals surface area contributed by atoms with Crippen molar-refractivity contribution in [2.45, 2.75) is 6.54 Å². The predicted octanol–water partition coefficient (Wildman–Crippen LogP) is -1.53. The van der Waals surface area contributed by atoms with Gasteiger partial charge in [0.05, 0.1) is 0 Å². The minimum Gasteiger partial charge on any atom is -0.329 e. The van der Waals surface area contributed by atoms with Crippen molar-refractivity contribution in [2.75, 3.05) is 20.1 Å². The maximum Gasteiger partial charge on any atom is 0.330 e. The number of aromatic nitrogens is 2. The van der Waals surface area contributed by atoms with Crippen LogP contribution in [0.15, 0.2) is 15.7 Å². The highest BCUT2D eigenvalue weighted by molar-refractivity contribution is 5.01. The molecule has 1 aromatic heterocycles. The zero-order valence-corrected chi connectivity index (χ0v) is 9.93. The van der Waals surface area contributed by atoms with Gasteiger partial charge in [-0.1, -0.05) is 0 Å². The Morgan fingerprint density at radius 3 is 2.50 bits per heavy atom. The summed E-state index contributed by atoms with van der Waals surface area (Å²) >= 11 is 0. The van der Waals surface area contributed by atoms with Crippen molar-refractivity contribution in [1.82, 2.24) is 14.0 Å². The first-order valence-corrected chi connectivity index (χ1v) is 5.12. The molecule has 1 heterocycles. The molecule has 0 aliphatic carbocycles. The Kier molecular flexibility index (Phi) is 4.03. The number of nitrogens with zero attached hydrogens (tertiary/aromatic N) is 3. The first kappa shape index (κ1) is 12.7. The van der Waals surface area contributed by atoms with E-state index in [0.717, 1.165) is 11.1 Å². The summed E-state index contributed by atoms with van der Waals surface area (Å²) in [6.07, 6.45) is 0. The van der Waals surface area contributed by atoms with Gasteiger partial charge in [0.15, 0.2) is 0 Å². The van der Waals surface area contributed by atoms with E-state index in [1.54, 1.807) is 7.05 Å². The van der Waals surface area contributed by atoms with Crippen molar-refractivity contribution < 1.29 is 0 Å². The summed E-state index contributed by atoms with van der Waals surface area (Å²) < 4.78 is 2.57. The summed E-state index contributed by atoms with van der Waals surface area (Å²) in [6.45, 7) is 1.82. The molecule has 16 heavy (non-hydrogen) atoms. The Labute approximate surface area is 93.9 Å². The number of rotatable bonds is 4. The summed E-state index contributed by atoms with van der Waals surface area (Å²) in [5, 5.41) is 0. The normalized spacial score (nSPS) is 11.1. The molecule has 90 valence electrons. The molecule has 0 saturated carbocycles. The Morgan fingerprint density at radius 1 is 1.31 bits per heavy atom. The van der Waals surface area contributed by atoms with E-state index < -0.39 is 0 Å². The van der Waals surface area contributed by atoms with Crippen molar-refractivity contribution in [1.29, 1.82) is 0 Å². The van der Waals surface area contributed by atoms with Gasteiger partial charge in [-0.25, -0.2) is 4.79 Å². The van der Waals surface area contributed by atoms with E-state index in [9.17, 15) is 9.59 Å². The lowest BCUT2D eigenvalue weighted by Crippen LogP contribution is -2.39. The summed E-state index contributed by atoms with van der Waals surface area (Å²) in [5.41, 5.74) is 5.55. The maximum atomic E-state index is 11.6. The maximum absolute atomic E-state index is 11.6. The van der Waals surface area contributed by atoms with E-state index in [0.29, 0.717) is 18.8 Å². The zero-order valence-electron chi connectivity index (χ0n) is 9.93. The standard InChI is InChI=1S/C10H18N4O2/c1-12(5-4-11)7-8-6-9(15)14(3)10(16)13(8)2/h6H,4-5,7,11H2,1-3H3. The lowest BCUT2D eigenvalue weighted by molar-refractivity contribution is 0.325. The van der Waals surface area contributed by atoms with Crippen LogP contribution in [-0.2, 0) is 20.6 Å². The van der Waals surface area contributed by atoms with Crippen molar-refractivity contribution in [3.05, 3.63) is 32.6 Å². The van der Waals surface area contributed by atoms with Crippen LogP contribution >= 0.6 is 0 Å². The van der Waals surface area contributed by atoms with E-state index in [4.69, 9.17) is 5.73 Å². The molecule has 0 radical (unpaired) electrons. The van der Waals surface area contributed by atoms with Crippen LogP contribution in [0.1, 0.15) is 5.69 Å². The quantitative estimate of drug-likeness (QED) is 0.676. The molecule has 0 spiro atoms. The Morgan fingerprint density at radius 2 is 1.94 bits per heavy atom. The van der Waals surface area contributed by atoms with Crippen LogP contribution in [0.3, 0.4) is 0 Å². The van der Waals surface area contributed by atoms with E-state index in [2.05, 4.69) is 0 Å². The van der Waals surface area contributed by atoms with Crippen molar-refractivity contribution in [3.8, 4) is 0 Å². The highest BCUT2D eigenvalue weighted by Gasteiger charge is 2.07. The third-order valence-electron chi connectivity index (χ3n) is 2.57. The van der Waals surface area contributed by atoms with Crippen LogP contribution in [0.4, 0.5) is 0 Å². The van der Waals surface area contributed by atoms with Gasteiger partial charge in [-0.3, -0.25) is 18.8 Å². The molecule has 6 nitrogen and oxygen atoms in total. The minimum atomic E-state index is -0.302. The molecule has 0 unspecified atom stereocenters. The lowest BCUT2D eigenvalue weighted by atomic mass is 10.3. The predicted molar refractivity (Wildman–Crippen MR) is 62.3 cm³/mol. The van der Waals surface area contributed by atoms with Crippen LogP contribution in [-0.4, -0.2) is 34.2 Å². The van der Waals surface area contributed by atoms with Gasteiger partial charge in [0.25, 0.3) is 5.56 Å². The molecule has 0 aliphatic heterocycles. The lowest BCUT2D eigenvalue weighted by Gasteiger charge is -2.17. The van der Waals surface area contributed by atoms with Crippen LogP contribution < -0.4 is 17.0 Å². The van der Waals surface area contributed by atoms with Crippen LogP contribution in [0.5, 0.6) is 0 Å². The van der Waals surface area contributed by atoms with E-state index >= 15 is 0 Å². The first-order chi connectivity index (χ1) is 7.47. The summed E-state index contributed by atoms with van der Waals surface area (Å²) in [6, 6.07) is 1.48. The highest BCUT2D eigenvalue weighted by atomic mass is 16.2. The molecular weight excluding hydrogens is 208 g/mol. The van der Waals surface area contributed by atoms with Crippen LogP contribution in [0.2, 0.25) is 0 Å². The van der Waals surface area contributed by atoms with Crippen molar-refractivity contribution in [3.63, 3.8) is 0 Å². The van der Waals surface area contributed by atoms with Gasteiger partial charge in [-0.05, 0) is 7.05 Å². The molecule has 1 rings (SSSR count). The summed E-state index contributed by atoms with van der Waals surface area (Å²) in [7, 11) is 5.03. The molecule has 0 amide bonds. The largest absolute Gasteiger partial charge is 0.330 e. The van der Waals surface area contributed by atoms with Gasteiger partial charge < -0.3 is 5.73 Å². The summed E-state index contributed by atoms with van der Waals surface area (Å²) in [4.78, 5) is 25.1. The number of hydrogen-bond donors (Lipinski definition) is 1. The second-order valence-electron chi connectivity index (χ2n) is 3.90. The van der Waals surface area contributed by atoms with Gasteiger partial charge >= 0.3 is 5.69 Å². The Hall–Kier alpha value is -1.40. The molecule has 1 aromatic rings. The van der Waals surface area contributed by atoms with E-state index in [1.807, 2.05) is 11.9 Å². The SMILES string of the molecule is CN(CCN)Cc1cc(=O)n(C)c(=O)n1C. The second kappa shape index (κ2) is 5.09. The molecular formula is C10H18N4O2. The average Bonchev–Trinajstić information content (AvgIpc) is 2.23. The zero-order chi connectivity index (χ0) is 12.3. The van der Waals surface area contributed by atoms with Crippen molar-refractivity contribution >= 4 is 0 Å². The van der Waals surface area contributed by atoms with Gasteiger partial charge in [-0.2, -0.15) is 0 Å². The third kappa shape index (κ3) is 2.59. The molecule has 0 atom stereocenters. The number of hydrogen-bond acceptors (Lipinski definition) is 4. The molecule has 0 saturated heterocycles. The smallest absolute Gasteiger partial charge is 0.329 e. The highest BCUT2D eigenvalue weighted by Crippen LogP contribution is 1.96. The molecule has 0 bridgehead atoms. The van der Waals surface area contributed by atoms with Crippen molar-refractivity contribution in [2.24, 2.45) is 19.8 Å². The molecule has 0 fully saturated rings. The Balaban J connectivity index is 3.07. The van der Waals surface area contributed by atoms with Crippen LogP contribution in [0.25, 0.3) is 0 Å². The van der Waals surface area contributed by atoms with E-state index in [-0.39, 0.29) is 11.2 Å². The van der Waals surface area contributed by atoms with E-state index in [1.165, 1.54) is 17.7 Å². The summed E-state index contributed by atoms with van der Waals surface area (Å²) in [5.74, 6) is 0. The fourth-order valence-corrected chi connectivity index (χ4v) is 1.51. The Bertz CT molecular complexity index is 475. The average molecular weight is 226 g/mol. The molecule has 6 heteroatoms. The third-order valence-corrected chi connectivity index (χ3v) is 2.57.